The number of aliphatic hydroxyl groups excluding tert-OH is 4. The molecule has 0 bridgehead atoms. The summed E-state index contributed by atoms with van der Waals surface area (Å²) in [4.78, 5) is 12.1. The minimum absolute atomic E-state index is 0.154. The van der Waals surface area contributed by atoms with Crippen LogP contribution in [0.1, 0.15) is 0 Å². The van der Waals surface area contributed by atoms with Gasteiger partial charge in [-0.25, -0.2) is 4.79 Å². The lowest BCUT2D eigenvalue weighted by Gasteiger charge is -2.38. The van der Waals surface area contributed by atoms with E-state index in [4.69, 9.17) is 4.74 Å². The fraction of sp³-hybridized carbons (Fsp3) is 0.353. The molecule has 8 nitrogen and oxygen atoms in total. The molecule has 0 radical (unpaired) electrons. The molecule has 1 heterocycles. The summed E-state index contributed by atoms with van der Waals surface area (Å²) in [6.07, 6.45) is -7.28. The van der Waals surface area contributed by atoms with Crippen molar-refractivity contribution in [1.29, 1.82) is 0 Å². The first kappa shape index (κ1) is 17.6. The van der Waals surface area contributed by atoms with Crippen molar-refractivity contribution in [3.05, 3.63) is 42.5 Å². The molecule has 5 atom stereocenters. The minimum atomic E-state index is -1.63. The monoisotopic (exact) mass is 348 g/mol. The van der Waals surface area contributed by atoms with Gasteiger partial charge in [0.15, 0.2) is 6.29 Å². The zero-order valence-corrected chi connectivity index (χ0v) is 13.2. The molecular formula is C17H20N2O6. The first-order valence-electron chi connectivity index (χ1n) is 7.87. The molecule has 8 heteroatoms. The van der Waals surface area contributed by atoms with E-state index in [0.717, 1.165) is 10.8 Å². The van der Waals surface area contributed by atoms with E-state index in [-0.39, 0.29) is 6.54 Å². The summed E-state index contributed by atoms with van der Waals surface area (Å²) in [5, 5.41) is 45.5. The van der Waals surface area contributed by atoms with Crippen LogP contribution in [0.4, 0.5) is 10.5 Å². The molecule has 1 fully saturated rings. The zero-order valence-electron chi connectivity index (χ0n) is 13.2. The summed E-state index contributed by atoms with van der Waals surface area (Å²) in [5.41, 5.74) is 0.621. The van der Waals surface area contributed by atoms with E-state index >= 15 is 0 Å². The van der Waals surface area contributed by atoms with Crippen LogP contribution in [-0.2, 0) is 4.74 Å². The quantitative estimate of drug-likeness (QED) is 0.454. The van der Waals surface area contributed by atoms with Gasteiger partial charge in [0.25, 0.3) is 0 Å². The highest BCUT2D eigenvalue weighted by molar-refractivity contribution is 6.01. The van der Waals surface area contributed by atoms with Crippen molar-refractivity contribution in [3.8, 4) is 0 Å². The van der Waals surface area contributed by atoms with Crippen LogP contribution in [0.25, 0.3) is 10.8 Å². The number of hydrogen-bond acceptors (Lipinski definition) is 6. The molecule has 0 unspecified atom stereocenters. The van der Waals surface area contributed by atoms with Crippen LogP contribution in [0, 0.1) is 0 Å². The minimum Gasteiger partial charge on any atom is -0.388 e. The average molecular weight is 348 g/mol. The fourth-order valence-electron chi connectivity index (χ4n) is 2.79. The van der Waals surface area contributed by atoms with E-state index < -0.39 is 36.7 Å². The van der Waals surface area contributed by atoms with Gasteiger partial charge >= 0.3 is 6.03 Å². The SMILES string of the molecule is O=C(NC[C@H]1O[C@H](O)[C@H](O)[C@@H](O)[C@H]1O)Nc1cccc2ccccc12. The lowest BCUT2D eigenvalue weighted by Crippen LogP contribution is -2.60. The number of carbonyl (C=O) groups is 1. The smallest absolute Gasteiger partial charge is 0.319 e. The number of ether oxygens (including phenoxy) is 1. The molecule has 25 heavy (non-hydrogen) atoms. The molecule has 0 aromatic heterocycles. The molecule has 6 N–H and O–H groups in total. The van der Waals surface area contributed by atoms with E-state index in [0.29, 0.717) is 5.69 Å². The Morgan fingerprint density at radius 2 is 1.68 bits per heavy atom. The van der Waals surface area contributed by atoms with Gasteiger partial charge in [-0.05, 0) is 11.5 Å². The number of urea groups is 1. The number of aliphatic hydroxyl groups is 4. The molecule has 1 aliphatic rings. The van der Waals surface area contributed by atoms with Crippen LogP contribution < -0.4 is 10.6 Å². The Balaban J connectivity index is 1.61. The number of fused-ring (bicyclic) bond motifs is 1. The molecule has 0 saturated carbocycles. The van der Waals surface area contributed by atoms with Crippen molar-refractivity contribution >= 4 is 22.5 Å². The van der Waals surface area contributed by atoms with Crippen LogP contribution >= 0.6 is 0 Å². The maximum atomic E-state index is 12.1. The van der Waals surface area contributed by atoms with Crippen molar-refractivity contribution in [3.63, 3.8) is 0 Å². The topological polar surface area (TPSA) is 131 Å². The molecule has 0 spiro atoms. The highest BCUT2D eigenvalue weighted by atomic mass is 16.6. The van der Waals surface area contributed by atoms with Gasteiger partial charge in [0.1, 0.15) is 24.4 Å². The van der Waals surface area contributed by atoms with Gasteiger partial charge in [0.05, 0.1) is 5.69 Å². The Hall–Kier alpha value is -2.23. The number of rotatable bonds is 3. The van der Waals surface area contributed by atoms with Crippen molar-refractivity contribution < 1.29 is 30.0 Å². The zero-order chi connectivity index (χ0) is 18.0. The van der Waals surface area contributed by atoms with Crippen molar-refractivity contribution in [1.82, 2.24) is 5.32 Å². The molecular weight excluding hydrogens is 328 g/mol. The third-order valence-electron chi connectivity index (χ3n) is 4.19. The summed E-state index contributed by atoms with van der Waals surface area (Å²) >= 11 is 0. The van der Waals surface area contributed by atoms with E-state index in [1.807, 2.05) is 36.4 Å². The first-order valence-corrected chi connectivity index (χ1v) is 7.87. The Morgan fingerprint density at radius 3 is 2.48 bits per heavy atom. The van der Waals surface area contributed by atoms with Crippen LogP contribution in [0.3, 0.4) is 0 Å². The van der Waals surface area contributed by atoms with Crippen LogP contribution in [0.5, 0.6) is 0 Å². The second-order valence-corrected chi connectivity index (χ2v) is 5.90. The summed E-state index contributed by atoms with van der Waals surface area (Å²) in [6.45, 7) is -0.154. The summed E-state index contributed by atoms with van der Waals surface area (Å²) in [6, 6.07) is 12.6. The second kappa shape index (κ2) is 7.34. The van der Waals surface area contributed by atoms with Gasteiger partial charge < -0.3 is 35.8 Å². The molecule has 1 saturated heterocycles. The number of benzene rings is 2. The molecule has 1 aliphatic heterocycles. The highest BCUT2D eigenvalue weighted by Gasteiger charge is 2.42. The van der Waals surface area contributed by atoms with Crippen LogP contribution in [-0.4, -0.2) is 63.7 Å². The third-order valence-corrected chi connectivity index (χ3v) is 4.19. The molecule has 3 rings (SSSR count). The molecule has 0 aliphatic carbocycles. The van der Waals surface area contributed by atoms with Gasteiger partial charge in [-0.3, -0.25) is 0 Å². The Morgan fingerprint density at radius 1 is 0.960 bits per heavy atom. The summed E-state index contributed by atoms with van der Waals surface area (Å²) < 4.78 is 5.01. The third kappa shape index (κ3) is 3.73. The number of amides is 2. The standard InChI is InChI=1S/C17H20N2O6/c20-13-12(25-16(23)15(22)14(13)21)8-18-17(24)19-11-7-3-5-9-4-1-2-6-10(9)11/h1-7,12-16,20-23H,8H2,(H2,18,19,24)/t12-,13+,14+,15-,16+/m1/s1. The number of nitrogens with one attached hydrogen (secondary N) is 2. The van der Waals surface area contributed by atoms with Crippen molar-refractivity contribution in [2.45, 2.75) is 30.7 Å². The van der Waals surface area contributed by atoms with Crippen molar-refractivity contribution in [2.24, 2.45) is 0 Å². The average Bonchev–Trinajstić information content (AvgIpc) is 2.62. The van der Waals surface area contributed by atoms with Gasteiger partial charge in [0.2, 0.25) is 0 Å². The predicted molar refractivity (Wildman–Crippen MR) is 89.9 cm³/mol. The summed E-state index contributed by atoms with van der Waals surface area (Å²) in [5.74, 6) is 0. The van der Waals surface area contributed by atoms with Gasteiger partial charge in [-0.15, -0.1) is 0 Å². The second-order valence-electron chi connectivity index (χ2n) is 5.90. The number of anilines is 1. The first-order chi connectivity index (χ1) is 12.0. The van der Waals surface area contributed by atoms with Gasteiger partial charge in [0, 0.05) is 11.9 Å². The van der Waals surface area contributed by atoms with Crippen LogP contribution in [0.15, 0.2) is 42.5 Å². The van der Waals surface area contributed by atoms with E-state index in [9.17, 15) is 25.2 Å². The maximum Gasteiger partial charge on any atom is 0.319 e. The lowest BCUT2D eigenvalue weighted by molar-refractivity contribution is -0.279. The van der Waals surface area contributed by atoms with Gasteiger partial charge in [-0.1, -0.05) is 36.4 Å². The lowest BCUT2D eigenvalue weighted by atomic mass is 9.99. The molecule has 2 amide bonds. The fourth-order valence-corrected chi connectivity index (χ4v) is 2.79. The summed E-state index contributed by atoms with van der Waals surface area (Å²) in [7, 11) is 0. The maximum absolute atomic E-state index is 12.1. The van der Waals surface area contributed by atoms with Crippen LogP contribution in [0.2, 0.25) is 0 Å². The highest BCUT2D eigenvalue weighted by Crippen LogP contribution is 2.23. The molecule has 134 valence electrons. The Kier molecular flexibility index (Phi) is 5.16. The number of carbonyl (C=O) groups excluding carboxylic acids is 1. The largest absolute Gasteiger partial charge is 0.388 e. The molecule has 2 aromatic carbocycles. The van der Waals surface area contributed by atoms with Gasteiger partial charge in [-0.2, -0.15) is 0 Å². The van der Waals surface area contributed by atoms with E-state index in [1.54, 1.807) is 6.07 Å². The normalized spacial score (nSPS) is 29.4. The Bertz CT molecular complexity index is 750. The van der Waals surface area contributed by atoms with E-state index in [1.165, 1.54) is 0 Å². The van der Waals surface area contributed by atoms with Crippen molar-refractivity contribution in [2.75, 3.05) is 11.9 Å². The number of hydrogen-bond donors (Lipinski definition) is 6. The molecule has 2 aromatic rings. The van der Waals surface area contributed by atoms with E-state index in [2.05, 4.69) is 10.6 Å². The predicted octanol–water partition coefficient (Wildman–Crippen LogP) is -0.239. The Labute approximate surface area is 143 Å².